The summed E-state index contributed by atoms with van der Waals surface area (Å²) >= 11 is 5.93. The largest absolute Gasteiger partial charge is 0.303 e. The topological polar surface area (TPSA) is 17.3 Å². The van der Waals surface area contributed by atoms with Crippen LogP contribution in [-0.2, 0) is 12.3 Å². The first-order chi connectivity index (χ1) is 10.1. The fourth-order valence-corrected chi connectivity index (χ4v) is 3.02. The van der Waals surface area contributed by atoms with Gasteiger partial charge in [0.1, 0.15) is 5.65 Å². The summed E-state index contributed by atoms with van der Waals surface area (Å²) in [5.74, 6) is 0.518. The summed E-state index contributed by atoms with van der Waals surface area (Å²) < 4.78 is 2.17. The van der Waals surface area contributed by atoms with Gasteiger partial charge in [0.2, 0.25) is 0 Å². The molecule has 3 aromatic rings. The van der Waals surface area contributed by atoms with Crippen molar-refractivity contribution in [1.82, 2.24) is 9.38 Å². The van der Waals surface area contributed by atoms with Gasteiger partial charge in [0.15, 0.2) is 0 Å². The van der Waals surface area contributed by atoms with Gasteiger partial charge in [-0.25, -0.2) is 4.98 Å². The molecule has 0 aliphatic heterocycles. The fourth-order valence-electron chi connectivity index (χ4n) is 2.85. The summed E-state index contributed by atoms with van der Waals surface area (Å²) in [7, 11) is 0. The predicted molar refractivity (Wildman–Crippen MR) is 89.0 cm³/mol. The van der Waals surface area contributed by atoms with Crippen LogP contribution >= 0.6 is 11.6 Å². The summed E-state index contributed by atoms with van der Waals surface area (Å²) in [5, 5.41) is 0. The second-order valence-corrected chi connectivity index (χ2v) is 5.74. The first-order valence-electron chi connectivity index (χ1n) is 7.27. The Kier molecular flexibility index (Phi) is 3.73. The molecule has 3 rings (SSSR count). The van der Waals surface area contributed by atoms with Crippen LogP contribution in [0.3, 0.4) is 0 Å². The van der Waals surface area contributed by atoms with Crippen LogP contribution in [0.1, 0.15) is 29.3 Å². The van der Waals surface area contributed by atoms with E-state index >= 15 is 0 Å². The number of aromatic nitrogens is 2. The first kappa shape index (κ1) is 14.2. The van der Waals surface area contributed by atoms with Gasteiger partial charge in [-0.15, -0.1) is 11.6 Å². The Morgan fingerprint density at radius 2 is 1.95 bits per heavy atom. The molecule has 108 valence electrons. The Labute approximate surface area is 130 Å². The smallest absolute Gasteiger partial charge is 0.137 e. The molecule has 0 saturated carbocycles. The van der Waals surface area contributed by atoms with Crippen molar-refractivity contribution in [3.8, 4) is 11.3 Å². The normalized spacial score (nSPS) is 11.2. The van der Waals surface area contributed by atoms with E-state index < -0.39 is 0 Å². The molecule has 0 aliphatic rings. The second kappa shape index (κ2) is 5.53. The molecular weight excluding hydrogens is 280 g/mol. The maximum absolute atomic E-state index is 5.93. The number of fused-ring (bicyclic) bond motifs is 1. The lowest BCUT2D eigenvalue weighted by atomic mass is 10.0. The quantitative estimate of drug-likeness (QED) is 0.627. The number of alkyl halides is 1. The molecule has 0 aliphatic carbocycles. The highest BCUT2D eigenvalue weighted by atomic mass is 35.5. The molecule has 0 atom stereocenters. The minimum Gasteiger partial charge on any atom is -0.303 e. The monoisotopic (exact) mass is 298 g/mol. The molecular formula is C18H19ClN2. The standard InChI is InChI=1S/C18H19ClN2/c1-4-16-18(15-6-5-12(2)9-13(15)3)20-17-10-14(11-19)7-8-21(16)17/h5-10H,4,11H2,1-3H3. The van der Waals surface area contributed by atoms with Crippen molar-refractivity contribution in [2.45, 2.75) is 33.1 Å². The molecule has 2 aromatic heterocycles. The highest BCUT2D eigenvalue weighted by Crippen LogP contribution is 2.28. The van der Waals surface area contributed by atoms with Gasteiger partial charge in [-0.1, -0.05) is 30.7 Å². The van der Waals surface area contributed by atoms with E-state index in [9.17, 15) is 0 Å². The maximum Gasteiger partial charge on any atom is 0.137 e. The molecule has 3 heteroatoms. The van der Waals surface area contributed by atoms with Crippen LogP contribution < -0.4 is 0 Å². The molecule has 2 heterocycles. The van der Waals surface area contributed by atoms with Crippen molar-refractivity contribution in [1.29, 1.82) is 0 Å². The van der Waals surface area contributed by atoms with Crippen molar-refractivity contribution in [3.63, 3.8) is 0 Å². The Bertz CT molecular complexity index is 802. The minimum absolute atomic E-state index is 0.518. The molecule has 21 heavy (non-hydrogen) atoms. The highest BCUT2D eigenvalue weighted by molar-refractivity contribution is 6.17. The van der Waals surface area contributed by atoms with Crippen LogP contribution in [0.2, 0.25) is 0 Å². The predicted octanol–water partition coefficient (Wildman–Crippen LogP) is 4.92. The highest BCUT2D eigenvalue weighted by Gasteiger charge is 2.14. The van der Waals surface area contributed by atoms with Crippen LogP contribution in [0.25, 0.3) is 16.9 Å². The van der Waals surface area contributed by atoms with E-state index in [1.807, 2.05) is 0 Å². The van der Waals surface area contributed by atoms with Crippen LogP contribution in [0.15, 0.2) is 36.5 Å². The van der Waals surface area contributed by atoms with Crippen molar-refractivity contribution >= 4 is 17.2 Å². The number of hydrogen-bond donors (Lipinski definition) is 0. The third kappa shape index (κ3) is 2.44. The number of halogens is 1. The van der Waals surface area contributed by atoms with E-state index in [1.54, 1.807) is 0 Å². The average Bonchev–Trinajstić information content (AvgIpc) is 2.84. The van der Waals surface area contributed by atoms with Crippen molar-refractivity contribution in [2.75, 3.05) is 0 Å². The lowest BCUT2D eigenvalue weighted by Gasteiger charge is -2.07. The zero-order valence-corrected chi connectivity index (χ0v) is 13.4. The van der Waals surface area contributed by atoms with Gasteiger partial charge < -0.3 is 4.40 Å². The van der Waals surface area contributed by atoms with E-state index in [-0.39, 0.29) is 0 Å². The van der Waals surface area contributed by atoms with E-state index in [0.717, 1.165) is 23.3 Å². The number of imidazole rings is 1. The Hall–Kier alpha value is -1.80. The fraction of sp³-hybridized carbons (Fsp3) is 0.278. The van der Waals surface area contributed by atoms with E-state index in [0.29, 0.717) is 5.88 Å². The van der Waals surface area contributed by atoms with Gasteiger partial charge in [-0.3, -0.25) is 0 Å². The number of nitrogens with zero attached hydrogens (tertiary/aromatic N) is 2. The lowest BCUT2D eigenvalue weighted by Crippen LogP contribution is -1.94. The third-order valence-corrected chi connectivity index (χ3v) is 4.22. The Morgan fingerprint density at radius 3 is 2.62 bits per heavy atom. The number of aryl methyl sites for hydroxylation is 3. The van der Waals surface area contributed by atoms with Crippen LogP contribution in [0.4, 0.5) is 0 Å². The second-order valence-electron chi connectivity index (χ2n) is 5.48. The summed E-state index contributed by atoms with van der Waals surface area (Å²) in [4.78, 5) is 4.86. The molecule has 0 saturated heterocycles. The van der Waals surface area contributed by atoms with Crippen LogP contribution in [0, 0.1) is 13.8 Å². The molecule has 0 spiro atoms. The Balaban J connectivity index is 2.26. The summed E-state index contributed by atoms with van der Waals surface area (Å²) in [5.41, 5.74) is 8.17. The molecule has 0 radical (unpaired) electrons. The zero-order valence-electron chi connectivity index (χ0n) is 12.7. The van der Waals surface area contributed by atoms with Crippen LogP contribution in [-0.4, -0.2) is 9.38 Å². The average molecular weight is 299 g/mol. The Morgan fingerprint density at radius 1 is 1.14 bits per heavy atom. The molecule has 0 amide bonds. The van der Waals surface area contributed by atoms with Gasteiger partial charge in [-0.05, 0) is 43.5 Å². The first-order valence-corrected chi connectivity index (χ1v) is 7.81. The molecule has 2 nitrogen and oxygen atoms in total. The van der Waals surface area contributed by atoms with Gasteiger partial charge in [0, 0.05) is 17.6 Å². The zero-order chi connectivity index (χ0) is 15.0. The summed E-state index contributed by atoms with van der Waals surface area (Å²) in [6.45, 7) is 6.44. The van der Waals surface area contributed by atoms with E-state index in [4.69, 9.17) is 16.6 Å². The lowest BCUT2D eigenvalue weighted by molar-refractivity contribution is 0.994. The molecule has 0 N–H and O–H groups in total. The van der Waals surface area contributed by atoms with E-state index in [1.165, 1.54) is 22.4 Å². The number of pyridine rings is 1. The van der Waals surface area contributed by atoms with Gasteiger partial charge in [0.05, 0.1) is 11.4 Å². The summed E-state index contributed by atoms with van der Waals surface area (Å²) in [6.07, 6.45) is 3.02. The molecule has 0 bridgehead atoms. The molecule has 0 unspecified atom stereocenters. The SMILES string of the molecule is CCc1c(-c2ccc(C)cc2C)nc2cc(CCl)ccn12. The van der Waals surface area contributed by atoms with Gasteiger partial charge >= 0.3 is 0 Å². The number of hydrogen-bond acceptors (Lipinski definition) is 1. The van der Waals surface area contributed by atoms with Crippen molar-refractivity contribution in [3.05, 3.63) is 58.9 Å². The molecule has 1 aromatic carbocycles. The summed E-state index contributed by atoms with van der Waals surface area (Å²) in [6, 6.07) is 10.7. The molecule has 0 fully saturated rings. The number of rotatable bonds is 3. The van der Waals surface area contributed by atoms with Crippen molar-refractivity contribution < 1.29 is 0 Å². The van der Waals surface area contributed by atoms with Gasteiger partial charge in [0.25, 0.3) is 0 Å². The maximum atomic E-state index is 5.93. The van der Waals surface area contributed by atoms with Crippen LogP contribution in [0.5, 0.6) is 0 Å². The minimum atomic E-state index is 0.518. The van der Waals surface area contributed by atoms with E-state index in [2.05, 4.69) is 61.7 Å². The number of benzene rings is 1. The van der Waals surface area contributed by atoms with Crippen molar-refractivity contribution in [2.24, 2.45) is 0 Å². The van der Waals surface area contributed by atoms with Gasteiger partial charge in [-0.2, -0.15) is 0 Å². The third-order valence-electron chi connectivity index (χ3n) is 3.92.